The van der Waals surface area contributed by atoms with Crippen LogP contribution in [0.15, 0.2) is 34.3 Å². The monoisotopic (exact) mass is 361 g/mol. The number of nitrogens with two attached hydrogens (primary N) is 2. The minimum Gasteiger partial charge on any atom is -0.369 e. The maximum atomic E-state index is 10.8. The summed E-state index contributed by atoms with van der Waals surface area (Å²) in [5.41, 5.74) is 13.3. The van der Waals surface area contributed by atoms with Crippen molar-refractivity contribution >= 4 is 23.3 Å². The summed E-state index contributed by atoms with van der Waals surface area (Å²) in [6, 6.07) is 6.55. The molecule has 5 N–H and O–H groups in total. The summed E-state index contributed by atoms with van der Waals surface area (Å²) in [6.07, 6.45) is 0. The number of hydrogen-bond donors (Lipinski definition) is 3. The molecule has 1 aromatic carbocycles. The number of anilines is 1. The highest BCUT2D eigenvalue weighted by molar-refractivity contribution is 5.96. The predicted molar refractivity (Wildman–Crippen MR) is 99.7 cm³/mol. The predicted octanol–water partition coefficient (Wildman–Crippen LogP) is -0.878. The van der Waals surface area contributed by atoms with Crippen LogP contribution in [-0.4, -0.2) is 72.8 Å². The Bertz CT molecular complexity index is 738. The molecule has 140 valence electrons. The first-order valence-electron chi connectivity index (χ1n) is 8.21. The molecule has 11 heteroatoms. The van der Waals surface area contributed by atoms with Crippen LogP contribution in [0.25, 0.3) is 0 Å². The molecule has 0 aliphatic carbocycles. The van der Waals surface area contributed by atoms with Gasteiger partial charge in [0.1, 0.15) is 0 Å². The zero-order chi connectivity index (χ0) is 18.9. The van der Waals surface area contributed by atoms with E-state index in [0.717, 1.165) is 5.69 Å². The van der Waals surface area contributed by atoms with Crippen LogP contribution < -0.4 is 21.7 Å². The van der Waals surface area contributed by atoms with Crippen molar-refractivity contribution in [3.05, 3.63) is 34.4 Å². The largest absolute Gasteiger partial charge is 0.369 e. The van der Waals surface area contributed by atoms with Gasteiger partial charge in [-0.2, -0.15) is 9.98 Å². The summed E-state index contributed by atoms with van der Waals surface area (Å²) in [5, 5.41) is 13.9. The van der Waals surface area contributed by atoms with E-state index in [1.54, 1.807) is 17.0 Å². The van der Waals surface area contributed by atoms with Crippen LogP contribution in [-0.2, 0) is 0 Å². The molecule has 2 heterocycles. The lowest BCUT2D eigenvalue weighted by atomic mass is 10.2. The molecule has 0 radical (unpaired) electrons. The Morgan fingerprint density at radius 2 is 1.85 bits per heavy atom. The molecule has 1 fully saturated rings. The molecule has 26 heavy (non-hydrogen) atoms. The Morgan fingerprint density at radius 3 is 2.38 bits per heavy atom. The van der Waals surface area contributed by atoms with Gasteiger partial charge in [-0.1, -0.05) is 0 Å². The van der Waals surface area contributed by atoms with Gasteiger partial charge in [-0.05, 0) is 12.1 Å². The van der Waals surface area contributed by atoms with E-state index in [-0.39, 0.29) is 11.6 Å². The van der Waals surface area contributed by atoms with Crippen molar-refractivity contribution < 1.29 is 4.92 Å². The molecule has 1 saturated heterocycles. The average Bonchev–Trinajstić information content (AvgIpc) is 2.61. The number of aliphatic imine (C=N–C) groups is 2. The number of nitro benzene ring substituents is 1. The average molecular weight is 361 g/mol. The van der Waals surface area contributed by atoms with Crippen LogP contribution in [0.5, 0.6) is 0 Å². The fraction of sp³-hybridized carbons (Fsp3) is 0.467. The summed E-state index contributed by atoms with van der Waals surface area (Å²) < 4.78 is 0. The highest BCUT2D eigenvalue weighted by atomic mass is 16.6. The molecule has 0 amide bonds. The number of hydrogen-bond acceptors (Lipinski definition) is 10. The second-order valence-electron chi connectivity index (χ2n) is 6.40. The normalized spacial score (nSPS) is 23.7. The third-order valence-corrected chi connectivity index (χ3v) is 4.41. The first-order valence-corrected chi connectivity index (χ1v) is 8.21. The molecule has 2 aliphatic heterocycles. The lowest BCUT2D eigenvalue weighted by Crippen LogP contribution is -2.72. The number of nitrogens with one attached hydrogen (secondary N) is 1. The standard InChI is InChI=1S/C15H23N9O2/c1-21(2)14-18-13(16)19-15(17,20-14)23-9-7-22(8-10-23)11-3-5-12(6-4-11)24(25)26/h3-6H,7-10,17H2,1-2H3,(H3,16,18,19,20). The van der Waals surface area contributed by atoms with Crippen LogP contribution in [0.2, 0.25) is 0 Å². The van der Waals surface area contributed by atoms with Crippen molar-refractivity contribution in [3.63, 3.8) is 0 Å². The third kappa shape index (κ3) is 3.53. The van der Waals surface area contributed by atoms with Gasteiger partial charge in [0, 0.05) is 58.1 Å². The Kier molecular flexibility index (Phi) is 4.66. The summed E-state index contributed by atoms with van der Waals surface area (Å²) in [7, 11) is 3.69. The van der Waals surface area contributed by atoms with E-state index in [9.17, 15) is 10.1 Å². The molecule has 1 unspecified atom stereocenters. The fourth-order valence-corrected chi connectivity index (χ4v) is 2.98. The van der Waals surface area contributed by atoms with Gasteiger partial charge in [-0.25, -0.2) is 4.90 Å². The van der Waals surface area contributed by atoms with Crippen LogP contribution in [0.3, 0.4) is 0 Å². The number of guanidine groups is 2. The number of piperazine rings is 1. The van der Waals surface area contributed by atoms with Gasteiger partial charge in [-0.3, -0.25) is 15.8 Å². The van der Waals surface area contributed by atoms with Crippen molar-refractivity contribution in [1.29, 1.82) is 0 Å². The van der Waals surface area contributed by atoms with Gasteiger partial charge in [0.15, 0.2) is 0 Å². The van der Waals surface area contributed by atoms with Gasteiger partial charge in [-0.15, -0.1) is 0 Å². The molecule has 1 atom stereocenters. The summed E-state index contributed by atoms with van der Waals surface area (Å²) in [4.78, 5) is 24.7. The maximum absolute atomic E-state index is 10.8. The van der Waals surface area contributed by atoms with Crippen LogP contribution in [0.4, 0.5) is 11.4 Å². The molecular formula is C15H23N9O2. The second-order valence-corrected chi connectivity index (χ2v) is 6.40. The molecule has 2 aliphatic rings. The van der Waals surface area contributed by atoms with E-state index in [1.165, 1.54) is 12.1 Å². The van der Waals surface area contributed by atoms with Crippen molar-refractivity contribution in [1.82, 2.24) is 15.1 Å². The van der Waals surface area contributed by atoms with Crippen molar-refractivity contribution in [2.45, 2.75) is 5.91 Å². The SMILES string of the molecule is CN(C)C1=NC(N)=NC(N)(N2CCN(c3ccc([N+](=O)[O-])cc3)CC2)N1. The topological polar surface area (TPSA) is 142 Å². The first kappa shape index (κ1) is 17.9. The number of nitrogens with zero attached hydrogens (tertiary/aromatic N) is 6. The Balaban J connectivity index is 1.66. The summed E-state index contributed by atoms with van der Waals surface area (Å²) >= 11 is 0. The zero-order valence-electron chi connectivity index (χ0n) is 14.8. The Morgan fingerprint density at radius 1 is 1.23 bits per heavy atom. The second kappa shape index (κ2) is 6.77. The number of benzene rings is 1. The lowest BCUT2D eigenvalue weighted by molar-refractivity contribution is -0.384. The molecular weight excluding hydrogens is 338 g/mol. The first-order chi connectivity index (χ1) is 12.3. The molecule has 0 spiro atoms. The summed E-state index contributed by atoms with van der Waals surface area (Å²) in [5.74, 6) is -0.460. The molecule has 1 aromatic rings. The zero-order valence-corrected chi connectivity index (χ0v) is 14.8. The summed E-state index contributed by atoms with van der Waals surface area (Å²) in [6.45, 7) is 2.72. The van der Waals surface area contributed by atoms with Gasteiger partial charge >= 0.3 is 0 Å². The molecule has 0 bridgehead atoms. The maximum Gasteiger partial charge on any atom is 0.269 e. The van der Waals surface area contributed by atoms with E-state index in [4.69, 9.17) is 11.5 Å². The van der Waals surface area contributed by atoms with Crippen LogP contribution in [0.1, 0.15) is 0 Å². The van der Waals surface area contributed by atoms with E-state index >= 15 is 0 Å². The minimum absolute atomic E-state index is 0.0833. The van der Waals surface area contributed by atoms with Crippen LogP contribution in [0, 0.1) is 10.1 Å². The van der Waals surface area contributed by atoms with Crippen molar-refractivity contribution in [2.75, 3.05) is 45.2 Å². The minimum atomic E-state index is -1.15. The fourth-order valence-electron chi connectivity index (χ4n) is 2.98. The third-order valence-electron chi connectivity index (χ3n) is 4.41. The molecule has 0 aromatic heterocycles. The van der Waals surface area contributed by atoms with Crippen molar-refractivity contribution in [2.24, 2.45) is 21.5 Å². The Hall–Kier alpha value is -2.92. The lowest BCUT2D eigenvalue weighted by Gasteiger charge is -2.45. The smallest absolute Gasteiger partial charge is 0.269 e. The number of nitro groups is 1. The van der Waals surface area contributed by atoms with E-state index in [0.29, 0.717) is 32.1 Å². The van der Waals surface area contributed by atoms with Gasteiger partial charge < -0.3 is 20.9 Å². The van der Waals surface area contributed by atoms with Crippen molar-refractivity contribution in [3.8, 4) is 0 Å². The van der Waals surface area contributed by atoms with Crippen LogP contribution >= 0.6 is 0 Å². The molecule has 3 rings (SSSR count). The highest BCUT2D eigenvalue weighted by Crippen LogP contribution is 2.22. The van der Waals surface area contributed by atoms with E-state index < -0.39 is 10.8 Å². The number of non-ortho nitro benzene ring substituents is 1. The quantitative estimate of drug-likeness (QED) is 0.465. The van der Waals surface area contributed by atoms with Gasteiger partial charge in [0.25, 0.3) is 5.69 Å². The molecule has 0 saturated carbocycles. The highest BCUT2D eigenvalue weighted by Gasteiger charge is 2.38. The van der Waals surface area contributed by atoms with E-state index in [1.807, 2.05) is 19.0 Å². The van der Waals surface area contributed by atoms with E-state index in [2.05, 4.69) is 20.2 Å². The van der Waals surface area contributed by atoms with Gasteiger partial charge in [0.2, 0.25) is 17.8 Å². The van der Waals surface area contributed by atoms with Gasteiger partial charge in [0.05, 0.1) is 4.92 Å². The Labute approximate surface area is 151 Å². The molecule has 11 nitrogen and oxygen atoms in total. The number of rotatable bonds is 3.